The van der Waals surface area contributed by atoms with Crippen LogP contribution < -0.4 is 22.9 Å². The molecule has 0 aliphatic heterocycles. The minimum atomic E-state index is -0.203. The van der Waals surface area contributed by atoms with Crippen LogP contribution in [0.4, 0.5) is 11.4 Å². The molecular weight excluding hydrogens is 284 g/mol. The number of nitrogen functional groups attached to an aromatic ring is 2. The first-order valence-electron chi connectivity index (χ1n) is 8.22. The van der Waals surface area contributed by atoms with Crippen LogP contribution in [0.3, 0.4) is 0 Å². The second kappa shape index (κ2) is 4.73. The molecule has 0 aromatic heterocycles. The highest BCUT2D eigenvalue weighted by Crippen LogP contribution is 2.56. The molecule has 2 aliphatic rings. The maximum Gasteiger partial charge on any atom is 0.0317 e. The maximum atomic E-state index is 6.74. The van der Waals surface area contributed by atoms with E-state index in [4.69, 9.17) is 22.9 Å². The Kier molecular flexibility index (Phi) is 2.99. The summed E-state index contributed by atoms with van der Waals surface area (Å²) in [7, 11) is 0. The molecule has 0 amide bonds. The largest absolute Gasteiger partial charge is 0.399 e. The summed E-state index contributed by atoms with van der Waals surface area (Å²) >= 11 is 0. The lowest BCUT2D eigenvalue weighted by Gasteiger charge is -2.34. The van der Waals surface area contributed by atoms with Gasteiger partial charge in [0.15, 0.2) is 0 Å². The molecule has 0 saturated heterocycles. The minimum Gasteiger partial charge on any atom is -0.399 e. The van der Waals surface area contributed by atoms with E-state index in [1.54, 1.807) is 0 Å². The summed E-state index contributed by atoms with van der Waals surface area (Å²) in [6, 6.07) is 14.1. The van der Waals surface area contributed by atoms with Crippen LogP contribution >= 0.6 is 0 Å². The van der Waals surface area contributed by atoms with Gasteiger partial charge >= 0.3 is 0 Å². The van der Waals surface area contributed by atoms with Gasteiger partial charge < -0.3 is 22.9 Å². The number of fused-ring (bicyclic) bond motifs is 2. The molecule has 2 aromatic carbocycles. The molecule has 2 aromatic rings. The molecule has 0 spiro atoms. The van der Waals surface area contributed by atoms with Gasteiger partial charge in [0.2, 0.25) is 0 Å². The van der Waals surface area contributed by atoms with E-state index in [-0.39, 0.29) is 17.0 Å². The lowest BCUT2D eigenvalue weighted by Crippen LogP contribution is -2.41. The normalized spacial score (nSPS) is 32.3. The number of benzene rings is 2. The molecule has 0 heterocycles. The summed E-state index contributed by atoms with van der Waals surface area (Å²) < 4.78 is 0. The van der Waals surface area contributed by atoms with Gasteiger partial charge in [0, 0.05) is 28.4 Å². The fourth-order valence-corrected chi connectivity index (χ4v) is 4.61. The van der Waals surface area contributed by atoms with E-state index < -0.39 is 0 Å². The molecule has 2 aliphatic carbocycles. The van der Waals surface area contributed by atoms with Crippen LogP contribution in [0.15, 0.2) is 42.5 Å². The molecule has 2 bridgehead atoms. The fraction of sp³-hybridized carbons (Fsp3) is 0.368. The summed E-state index contributed by atoms with van der Waals surface area (Å²) in [5.41, 5.74) is 30.0. The summed E-state index contributed by atoms with van der Waals surface area (Å²) in [6.07, 6.45) is 3.86. The number of hydrogen-bond acceptors (Lipinski definition) is 4. The van der Waals surface area contributed by atoms with Crippen LogP contribution in [0.25, 0.3) is 11.1 Å². The zero-order valence-electron chi connectivity index (χ0n) is 13.3. The second-order valence-corrected chi connectivity index (χ2v) is 7.50. The van der Waals surface area contributed by atoms with E-state index in [1.807, 2.05) is 18.2 Å². The first-order chi connectivity index (χ1) is 10.9. The number of rotatable bonds is 2. The molecule has 3 atom stereocenters. The predicted octanol–water partition coefficient (Wildman–Crippen LogP) is 2.58. The molecule has 8 N–H and O–H groups in total. The third kappa shape index (κ3) is 2.30. The van der Waals surface area contributed by atoms with E-state index in [0.29, 0.717) is 0 Å². The molecule has 3 unspecified atom stereocenters. The van der Waals surface area contributed by atoms with E-state index >= 15 is 0 Å². The SMILES string of the molecule is Nc1ccc(-c2ccc(N)cc2C2CC3(N)CCC2(N)C3)cc1. The lowest BCUT2D eigenvalue weighted by molar-refractivity contribution is 0.346. The van der Waals surface area contributed by atoms with Crippen molar-refractivity contribution in [2.75, 3.05) is 11.5 Å². The van der Waals surface area contributed by atoms with E-state index in [9.17, 15) is 0 Å². The Balaban J connectivity index is 1.83. The standard InChI is InChI=1S/C19H24N4/c20-13-3-1-12(2-4-13)15-6-5-14(21)9-16(15)17-10-18(22)7-8-19(17,23)11-18/h1-6,9,17H,7-8,10-11,20-23H2. The van der Waals surface area contributed by atoms with Gasteiger partial charge in [-0.05, 0) is 66.6 Å². The Morgan fingerprint density at radius 3 is 2.17 bits per heavy atom. The zero-order chi connectivity index (χ0) is 16.2. The lowest BCUT2D eigenvalue weighted by atomic mass is 9.75. The molecule has 2 fully saturated rings. The number of anilines is 2. The van der Waals surface area contributed by atoms with Crippen LogP contribution in [0.1, 0.15) is 37.2 Å². The van der Waals surface area contributed by atoms with Crippen molar-refractivity contribution >= 4 is 11.4 Å². The highest BCUT2D eigenvalue weighted by molar-refractivity contribution is 5.72. The Morgan fingerprint density at radius 2 is 1.57 bits per heavy atom. The fourth-order valence-electron chi connectivity index (χ4n) is 4.61. The number of hydrogen-bond donors (Lipinski definition) is 4. The molecule has 4 nitrogen and oxygen atoms in total. The van der Waals surface area contributed by atoms with E-state index in [2.05, 4.69) is 24.3 Å². The van der Waals surface area contributed by atoms with Crippen LogP contribution in [0.2, 0.25) is 0 Å². The van der Waals surface area contributed by atoms with E-state index in [0.717, 1.165) is 42.6 Å². The summed E-state index contributed by atoms with van der Waals surface area (Å²) in [5.74, 6) is 0.261. The van der Waals surface area contributed by atoms with Gasteiger partial charge in [-0.15, -0.1) is 0 Å². The van der Waals surface area contributed by atoms with Gasteiger partial charge in [0.25, 0.3) is 0 Å². The van der Waals surface area contributed by atoms with Crippen LogP contribution in [0, 0.1) is 0 Å². The second-order valence-electron chi connectivity index (χ2n) is 7.50. The van der Waals surface area contributed by atoms with Crippen molar-refractivity contribution in [3.8, 4) is 11.1 Å². The molecule has 4 heteroatoms. The van der Waals surface area contributed by atoms with Crippen LogP contribution in [-0.2, 0) is 0 Å². The van der Waals surface area contributed by atoms with Crippen molar-refractivity contribution in [1.82, 2.24) is 0 Å². The molecule has 2 saturated carbocycles. The van der Waals surface area contributed by atoms with Gasteiger partial charge in [-0.25, -0.2) is 0 Å². The third-order valence-electron chi connectivity index (χ3n) is 5.75. The van der Waals surface area contributed by atoms with Crippen molar-refractivity contribution in [2.24, 2.45) is 11.5 Å². The van der Waals surface area contributed by atoms with Gasteiger partial charge in [-0.3, -0.25) is 0 Å². The monoisotopic (exact) mass is 308 g/mol. The van der Waals surface area contributed by atoms with E-state index in [1.165, 1.54) is 11.1 Å². The summed E-state index contributed by atoms with van der Waals surface area (Å²) in [5, 5.41) is 0. The first-order valence-corrected chi connectivity index (χ1v) is 8.22. The van der Waals surface area contributed by atoms with Crippen molar-refractivity contribution < 1.29 is 0 Å². The van der Waals surface area contributed by atoms with Gasteiger partial charge in [-0.1, -0.05) is 18.2 Å². The average molecular weight is 308 g/mol. The Hall–Kier alpha value is -2.04. The third-order valence-corrected chi connectivity index (χ3v) is 5.75. The molecule has 120 valence electrons. The Morgan fingerprint density at radius 1 is 0.870 bits per heavy atom. The first kappa shape index (κ1) is 14.5. The van der Waals surface area contributed by atoms with Crippen molar-refractivity contribution in [3.05, 3.63) is 48.0 Å². The Bertz CT molecular complexity index is 754. The molecule has 23 heavy (non-hydrogen) atoms. The highest BCUT2D eigenvalue weighted by atomic mass is 14.9. The van der Waals surface area contributed by atoms with Gasteiger partial charge in [-0.2, -0.15) is 0 Å². The minimum absolute atomic E-state index is 0.109. The quantitative estimate of drug-likeness (QED) is 0.640. The summed E-state index contributed by atoms with van der Waals surface area (Å²) in [4.78, 5) is 0. The molecule has 0 radical (unpaired) electrons. The van der Waals surface area contributed by atoms with Crippen molar-refractivity contribution in [1.29, 1.82) is 0 Å². The van der Waals surface area contributed by atoms with Crippen molar-refractivity contribution in [3.63, 3.8) is 0 Å². The highest BCUT2D eigenvalue weighted by Gasteiger charge is 2.56. The number of nitrogens with two attached hydrogens (primary N) is 4. The molecule has 4 rings (SSSR count). The maximum absolute atomic E-state index is 6.74. The van der Waals surface area contributed by atoms with Crippen LogP contribution in [-0.4, -0.2) is 11.1 Å². The van der Waals surface area contributed by atoms with Gasteiger partial charge in [0.1, 0.15) is 0 Å². The van der Waals surface area contributed by atoms with Crippen LogP contribution in [0.5, 0.6) is 0 Å². The zero-order valence-corrected chi connectivity index (χ0v) is 13.3. The van der Waals surface area contributed by atoms with Gasteiger partial charge in [0.05, 0.1) is 0 Å². The Labute approximate surface area is 136 Å². The molecular formula is C19H24N4. The predicted molar refractivity (Wildman–Crippen MR) is 95.7 cm³/mol. The summed E-state index contributed by atoms with van der Waals surface area (Å²) in [6.45, 7) is 0. The van der Waals surface area contributed by atoms with Crippen molar-refractivity contribution in [2.45, 2.75) is 42.7 Å². The average Bonchev–Trinajstić information content (AvgIpc) is 2.96. The topological polar surface area (TPSA) is 104 Å². The smallest absolute Gasteiger partial charge is 0.0317 e.